The molecular formula is C4H12ClN3. The molecule has 4 heteroatoms. The van der Waals surface area contributed by atoms with E-state index in [1.165, 1.54) is 26.2 Å². The van der Waals surface area contributed by atoms with Crippen molar-refractivity contribution in [1.82, 2.24) is 10.6 Å². The van der Waals surface area contributed by atoms with Gasteiger partial charge in [0.25, 0.3) is 0 Å². The van der Waals surface area contributed by atoms with Crippen molar-refractivity contribution in [2.45, 2.75) is 0 Å². The van der Waals surface area contributed by atoms with Crippen molar-refractivity contribution in [2.75, 3.05) is 26.2 Å². The van der Waals surface area contributed by atoms with Gasteiger partial charge in [0.05, 0.1) is 0 Å². The van der Waals surface area contributed by atoms with Crippen LogP contribution in [0.25, 0.3) is 0 Å². The molecular weight excluding hydrogens is 126 g/mol. The van der Waals surface area contributed by atoms with Crippen LogP contribution in [0.5, 0.6) is 0 Å². The summed E-state index contributed by atoms with van der Waals surface area (Å²) in [6.07, 6.45) is 0. The summed E-state index contributed by atoms with van der Waals surface area (Å²) in [6.45, 7) is 5.00. The van der Waals surface area contributed by atoms with Gasteiger partial charge in [-0.05, 0) is 11.8 Å². The highest BCUT2D eigenvalue weighted by Crippen LogP contribution is 1.65. The quantitative estimate of drug-likeness (QED) is 0.305. The fourth-order valence-corrected chi connectivity index (χ4v) is 0. The number of rotatable bonds is 0. The molecule has 0 aromatic rings. The third-order valence-electron chi connectivity index (χ3n) is 0.500. The van der Waals surface area contributed by atoms with E-state index in [0.29, 0.717) is 0 Å². The van der Waals surface area contributed by atoms with Crippen molar-refractivity contribution in [3.63, 3.8) is 0 Å². The lowest BCUT2D eigenvalue weighted by molar-refractivity contribution is 1.34. The van der Waals surface area contributed by atoms with E-state index >= 15 is 0 Å². The highest BCUT2D eigenvalue weighted by Gasteiger charge is 1.91. The average Bonchev–Trinajstić information content (AvgIpc) is 2.67. The second kappa shape index (κ2) is 7.17. The highest BCUT2D eigenvalue weighted by molar-refractivity contribution is 6.11. The third-order valence-corrected chi connectivity index (χ3v) is 0.500. The standard InChI is InChI=1S/2C2H5N.ClH2N/c2*1-2-3-1;1-2/h2*3H,1-2H2;2H2. The molecule has 4 N–H and O–H groups in total. The summed E-state index contributed by atoms with van der Waals surface area (Å²) >= 11 is 4.14. The molecule has 0 atom stereocenters. The van der Waals surface area contributed by atoms with E-state index in [-0.39, 0.29) is 0 Å². The molecule has 0 radical (unpaired) electrons. The Balaban J connectivity index is 0.0000000957. The van der Waals surface area contributed by atoms with Crippen LogP contribution in [0.2, 0.25) is 0 Å². The second-order valence-corrected chi connectivity index (χ2v) is 1.50. The van der Waals surface area contributed by atoms with Gasteiger partial charge in [0.1, 0.15) is 0 Å². The molecule has 2 saturated heterocycles. The van der Waals surface area contributed by atoms with Crippen LogP contribution in [-0.4, -0.2) is 26.2 Å². The molecule has 2 heterocycles. The smallest absolute Gasteiger partial charge is 0.00772 e. The average molecular weight is 138 g/mol. The topological polar surface area (TPSA) is 69.9 Å². The molecule has 0 bridgehead atoms. The van der Waals surface area contributed by atoms with Crippen LogP contribution < -0.4 is 15.9 Å². The minimum atomic E-state index is 1.25. The highest BCUT2D eigenvalue weighted by atomic mass is 35.5. The number of halogens is 1. The fourth-order valence-electron chi connectivity index (χ4n) is 0. The Morgan fingerprint density at radius 2 is 1.00 bits per heavy atom. The Hall–Kier alpha value is 0.170. The van der Waals surface area contributed by atoms with Gasteiger partial charge in [0.2, 0.25) is 0 Å². The van der Waals surface area contributed by atoms with E-state index in [9.17, 15) is 0 Å². The van der Waals surface area contributed by atoms with Gasteiger partial charge < -0.3 is 10.6 Å². The summed E-state index contributed by atoms with van der Waals surface area (Å²) in [5, 5.41) is 9.97. The van der Waals surface area contributed by atoms with E-state index in [2.05, 4.69) is 27.7 Å². The van der Waals surface area contributed by atoms with E-state index < -0.39 is 0 Å². The maximum absolute atomic E-state index is 4.14. The molecule has 0 saturated carbocycles. The van der Waals surface area contributed by atoms with Gasteiger partial charge in [0, 0.05) is 26.2 Å². The van der Waals surface area contributed by atoms with Crippen molar-refractivity contribution >= 4 is 11.8 Å². The molecule has 0 amide bonds. The Morgan fingerprint density at radius 1 is 0.875 bits per heavy atom. The normalized spacial score (nSPS) is 18.8. The Morgan fingerprint density at radius 3 is 1.00 bits per heavy atom. The first-order chi connectivity index (χ1) is 4.00. The molecule has 0 aliphatic carbocycles. The monoisotopic (exact) mass is 137 g/mol. The summed E-state index contributed by atoms with van der Waals surface area (Å²) in [5.74, 6) is 0. The first-order valence-corrected chi connectivity index (χ1v) is 3.07. The molecule has 2 fully saturated rings. The van der Waals surface area contributed by atoms with Crippen molar-refractivity contribution < 1.29 is 0 Å². The third kappa shape index (κ3) is 35.0. The molecule has 8 heavy (non-hydrogen) atoms. The van der Waals surface area contributed by atoms with Gasteiger partial charge in [-0.2, -0.15) is 0 Å². The van der Waals surface area contributed by atoms with Crippen molar-refractivity contribution in [2.24, 2.45) is 5.25 Å². The number of hydrogen-bond acceptors (Lipinski definition) is 3. The van der Waals surface area contributed by atoms with E-state index in [1.807, 2.05) is 0 Å². The Labute approximate surface area is 54.7 Å². The van der Waals surface area contributed by atoms with Crippen molar-refractivity contribution in [1.29, 1.82) is 0 Å². The van der Waals surface area contributed by atoms with Crippen LogP contribution in [0.15, 0.2) is 0 Å². The predicted molar refractivity (Wildman–Crippen MR) is 35.8 cm³/mol. The molecule has 2 aliphatic heterocycles. The van der Waals surface area contributed by atoms with Crippen LogP contribution in [0.1, 0.15) is 0 Å². The van der Waals surface area contributed by atoms with Crippen LogP contribution in [0, 0.1) is 0 Å². The molecule has 0 aromatic carbocycles. The fraction of sp³-hybridized carbons (Fsp3) is 1.00. The lowest BCUT2D eigenvalue weighted by Gasteiger charge is -1.21. The SMILES string of the molecule is C1CN1.C1CN1.NCl. The Kier molecular flexibility index (Phi) is 7.32. The molecule has 50 valence electrons. The second-order valence-electron chi connectivity index (χ2n) is 1.50. The van der Waals surface area contributed by atoms with Crippen molar-refractivity contribution in [3.05, 3.63) is 0 Å². The predicted octanol–water partition coefficient (Wildman–Crippen LogP) is -0.722. The molecule has 3 nitrogen and oxygen atoms in total. The summed E-state index contributed by atoms with van der Waals surface area (Å²) in [4.78, 5) is 0. The van der Waals surface area contributed by atoms with Gasteiger partial charge in [-0.3, -0.25) is 0 Å². The first kappa shape index (κ1) is 8.17. The van der Waals surface area contributed by atoms with Gasteiger partial charge in [-0.1, -0.05) is 0 Å². The summed E-state index contributed by atoms with van der Waals surface area (Å²) in [5.41, 5.74) is 0. The minimum absolute atomic E-state index is 1.25. The molecule has 0 unspecified atom stereocenters. The lowest BCUT2D eigenvalue weighted by Crippen LogP contribution is -1.56. The zero-order valence-electron chi connectivity index (χ0n) is 4.78. The zero-order chi connectivity index (χ0) is 6.24. The van der Waals surface area contributed by atoms with Crippen molar-refractivity contribution in [3.8, 4) is 0 Å². The molecule has 0 spiro atoms. The van der Waals surface area contributed by atoms with Crippen LogP contribution in [-0.2, 0) is 0 Å². The van der Waals surface area contributed by atoms with Gasteiger partial charge in [-0.25, -0.2) is 5.25 Å². The number of hydrogen-bond donors (Lipinski definition) is 3. The minimum Gasteiger partial charge on any atom is -0.314 e. The van der Waals surface area contributed by atoms with Gasteiger partial charge in [0.15, 0.2) is 0 Å². The lowest BCUT2D eigenvalue weighted by atomic mass is 11.0. The van der Waals surface area contributed by atoms with E-state index in [0.717, 1.165) is 0 Å². The maximum atomic E-state index is 4.14. The molecule has 2 aliphatic rings. The van der Waals surface area contributed by atoms with Gasteiger partial charge in [-0.15, -0.1) is 0 Å². The number of nitrogens with two attached hydrogens (primary N) is 1. The van der Waals surface area contributed by atoms with Crippen LogP contribution in [0.4, 0.5) is 0 Å². The van der Waals surface area contributed by atoms with E-state index in [1.54, 1.807) is 0 Å². The van der Waals surface area contributed by atoms with Crippen LogP contribution in [0.3, 0.4) is 0 Å². The molecule has 2 rings (SSSR count). The summed E-state index contributed by atoms with van der Waals surface area (Å²) in [7, 11) is 0. The van der Waals surface area contributed by atoms with E-state index in [4.69, 9.17) is 0 Å². The first-order valence-electron chi connectivity index (χ1n) is 2.63. The van der Waals surface area contributed by atoms with Crippen LogP contribution >= 0.6 is 11.8 Å². The summed E-state index contributed by atoms with van der Waals surface area (Å²) < 4.78 is 0. The molecule has 0 aromatic heterocycles. The zero-order valence-corrected chi connectivity index (χ0v) is 5.54. The Bertz CT molecular complexity index is 26.8. The van der Waals surface area contributed by atoms with Gasteiger partial charge >= 0.3 is 0 Å². The summed E-state index contributed by atoms with van der Waals surface area (Å²) in [6, 6.07) is 0. The largest absolute Gasteiger partial charge is 0.314 e. The number of nitrogens with one attached hydrogen (secondary N) is 2. The maximum Gasteiger partial charge on any atom is 0.00772 e.